The molecule has 8 heteroatoms. The highest BCUT2D eigenvalue weighted by Crippen LogP contribution is 2.06. The molecule has 0 aromatic carbocycles. The molecule has 0 spiro atoms. The molecule has 2 atom stereocenters. The second kappa shape index (κ2) is 14.1. The first-order valence-corrected chi connectivity index (χ1v) is 11.3. The monoisotopic (exact) mass is 433 g/mol. The van der Waals surface area contributed by atoms with Crippen molar-refractivity contribution in [1.82, 2.24) is 24.9 Å². The lowest BCUT2D eigenvalue weighted by atomic mass is 10.2. The van der Waals surface area contributed by atoms with E-state index in [2.05, 4.69) is 31.5 Å². The first kappa shape index (κ1) is 25.3. The summed E-state index contributed by atoms with van der Waals surface area (Å²) in [6.45, 7) is 15.2. The Kier molecular flexibility index (Phi) is 11.5. The standard InChI is InChI=1S/C23H39N5O3/c1-3-4-5-8-21(2)24-22(29)19-27-11-6-9-26-14-13-25(15-17-27)10-7-12-28(18-16-26)20-23(30)31/h3-5,8H,1,6-7,9-20H2,2H3,(H,24,29)(H,30,31)/b5-4-,21-8+. The SMILES string of the molecule is C=C/C=C\C=C(/C)NC(=O)CN1CCCN2CCN(CCCN(CC(=O)O)CC2)CC1. The smallest absolute Gasteiger partial charge is 0.317 e. The minimum Gasteiger partial charge on any atom is -0.480 e. The Labute approximate surface area is 186 Å². The Bertz CT molecular complexity index is 649. The van der Waals surface area contributed by atoms with E-state index >= 15 is 0 Å². The molecule has 2 aliphatic rings. The third-order valence-corrected chi connectivity index (χ3v) is 5.75. The van der Waals surface area contributed by atoms with Gasteiger partial charge < -0.3 is 20.2 Å². The van der Waals surface area contributed by atoms with Gasteiger partial charge in [0.15, 0.2) is 0 Å². The number of carbonyl (C=O) groups excluding carboxylic acids is 1. The molecule has 2 heterocycles. The molecule has 1 amide bonds. The predicted octanol–water partition coefficient (Wildman–Crippen LogP) is 0.849. The van der Waals surface area contributed by atoms with Gasteiger partial charge in [-0.1, -0.05) is 24.8 Å². The number of nitrogens with one attached hydrogen (secondary N) is 1. The van der Waals surface area contributed by atoms with Gasteiger partial charge in [0.2, 0.25) is 5.91 Å². The summed E-state index contributed by atoms with van der Waals surface area (Å²) in [6, 6.07) is 0. The van der Waals surface area contributed by atoms with Gasteiger partial charge in [-0.15, -0.1) is 0 Å². The van der Waals surface area contributed by atoms with Gasteiger partial charge >= 0.3 is 5.97 Å². The molecule has 174 valence electrons. The number of fused-ring (bicyclic) bond motifs is 3. The summed E-state index contributed by atoms with van der Waals surface area (Å²) in [5, 5.41) is 12.1. The molecule has 2 unspecified atom stereocenters. The Morgan fingerprint density at radius 1 is 0.839 bits per heavy atom. The first-order valence-electron chi connectivity index (χ1n) is 11.3. The second-order valence-corrected chi connectivity index (χ2v) is 8.35. The molecule has 0 saturated carbocycles. The summed E-state index contributed by atoms with van der Waals surface area (Å²) in [5.74, 6) is -0.732. The number of hydrogen-bond acceptors (Lipinski definition) is 6. The van der Waals surface area contributed by atoms with Crippen LogP contribution in [0.5, 0.6) is 0 Å². The fourth-order valence-electron chi connectivity index (χ4n) is 4.07. The molecule has 2 fully saturated rings. The zero-order chi connectivity index (χ0) is 22.5. The second-order valence-electron chi connectivity index (χ2n) is 8.35. The van der Waals surface area contributed by atoms with Gasteiger partial charge in [0.05, 0.1) is 13.1 Å². The van der Waals surface area contributed by atoms with Crippen LogP contribution in [0.2, 0.25) is 0 Å². The maximum atomic E-state index is 12.5. The molecule has 2 bridgehead atoms. The molecular formula is C23H39N5O3. The van der Waals surface area contributed by atoms with Crippen LogP contribution in [-0.2, 0) is 9.59 Å². The normalized spacial score (nSPS) is 25.3. The van der Waals surface area contributed by atoms with Crippen LogP contribution in [0.3, 0.4) is 0 Å². The van der Waals surface area contributed by atoms with Gasteiger partial charge in [0, 0.05) is 51.5 Å². The van der Waals surface area contributed by atoms with Crippen LogP contribution in [0.15, 0.2) is 36.6 Å². The fraction of sp³-hybridized carbons (Fsp3) is 0.652. The van der Waals surface area contributed by atoms with Crippen LogP contribution in [0, 0.1) is 0 Å². The maximum absolute atomic E-state index is 12.5. The van der Waals surface area contributed by atoms with Crippen molar-refractivity contribution in [2.75, 3.05) is 78.5 Å². The average molecular weight is 434 g/mol. The number of amides is 1. The summed E-state index contributed by atoms with van der Waals surface area (Å²) >= 11 is 0. The van der Waals surface area contributed by atoms with Crippen LogP contribution in [0.1, 0.15) is 19.8 Å². The number of rotatable bonds is 7. The van der Waals surface area contributed by atoms with Crippen molar-refractivity contribution in [1.29, 1.82) is 0 Å². The minimum absolute atomic E-state index is 0.0200. The van der Waals surface area contributed by atoms with Crippen LogP contribution in [0.25, 0.3) is 0 Å². The van der Waals surface area contributed by atoms with Gasteiger partial charge in [-0.2, -0.15) is 0 Å². The third kappa shape index (κ3) is 10.7. The van der Waals surface area contributed by atoms with Gasteiger partial charge in [-0.25, -0.2) is 0 Å². The summed E-state index contributed by atoms with van der Waals surface area (Å²) in [4.78, 5) is 32.8. The van der Waals surface area contributed by atoms with Crippen LogP contribution in [-0.4, -0.2) is 115 Å². The first-order chi connectivity index (χ1) is 15.0. The molecule has 2 rings (SSSR count). The van der Waals surface area contributed by atoms with Gasteiger partial charge in [0.25, 0.3) is 0 Å². The quantitative estimate of drug-likeness (QED) is 0.576. The van der Waals surface area contributed by atoms with E-state index in [1.807, 2.05) is 25.2 Å². The number of hydrogen-bond donors (Lipinski definition) is 2. The Morgan fingerprint density at radius 2 is 1.39 bits per heavy atom. The lowest BCUT2D eigenvalue weighted by molar-refractivity contribution is -0.138. The van der Waals surface area contributed by atoms with Crippen LogP contribution >= 0.6 is 0 Å². The average Bonchev–Trinajstić information content (AvgIpc) is 2.71. The zero-order valence-corrected chi connectivity index (χ0v) is 19.0. The van der Waals surface area contributed by atoms with E-state index in [4.69, 9.17) is 5.11 Å². The number of carboxylic acids is 1. The van der Waals surface area contributed by atoms with Crippen molar-refractivity contribution in [2.45, 2.75) is 19.8 Å². The molecular weight excluding hydrogens is 394 g/mol. The van der Waals surface area contributed by atoms with E-state index in [-0.39, 0.29) is 12.5 Å². The topological polar surface area (TPSA) is 79.4 Å². The molecule has 31 heavy (non-hydrogen) atoms. The van der Waals surface area contributed by atoms with Gasteiger partial charge in [0.1, 0.15) is 0 Å². The van der Waals surface area contributed by atoms with E-state index in [9.17, 15) is 9.59 Å². The summed E-state index contributed by atoms with van der Waals surface area (Å²) in [7, 11) is 0. The van der Waals surface area contributed by atoms with Crippen molar-refractivity contribution < 1.29 is 14.7 Å². The Balaban J connectivity index is 1.91. The van der Waals surface area contributed by atoms with Gasteiger partial charge in [-0.05, 0) is 45.5 Å². The van der Waals surface area contributed by atoms with Crippen molar-refractivity contribution in [2.24, 2.45) is 0 Å². The highest BCUT2D eigenvalue weighted by Gasteiger charge is 2.20. The van der Waals surface area contributed by atoms with Crippen LogP contribution < -0.4 is 5.32 Å². The van der Waals surface area contributed by atoms with E-state index in [0.717, 1.165) is 84.0 Å². The van der Waals surface area contributed by atoms with Gasteiger partial charge in [-0.3, -0.25) is 19.4 Å². The van der Waals surface area contributed by atoms with E-state index < -0.39 is 5.97 Å². The van der Waals surface area contributed by atoms with E-state index in [1.165, 1.54) is 0 Å². The minimum atomic E-state index is -0.752. The summed E-state index contributed by atoms with van der Waals surface area (Å²) < 4.78 is 0. The highest BCUT2D eigenvalue weighted by molar-refractivity contribution is 5.79. The molecule has 0 aromatic heterocycles. The Morgan fingerprint density at radius 3 is 1.94 bits per heavy atom. The number of allylic oxidation sites excluding steroid dienone is 5. The molecule has 2 saturated heterocycles. The molecule has 2 aliphatic heterocycles. The summed E-state index contributed by atoms with van der Waals surface area (Å²) in [5.41, 5.74) is 0.824. The van der Waals surface area contributed by atoms with E-state index in [1.54, 1.807) is 6.08 Å². The number of carboxylic acid groups (broad SMARTS) is 1. The molecule has 8 nitrogen and oxygen atoms in total. The number of nitrogens with zero attached hydrogens (tertiary/aromatic N) is 4. The molecule has 2 N–H and O–H groups in total. The maximum Gasteiger partial charge on any atom is 0.317 e. The number of carbonyl (C=O) groups is 2. The van der Waals surface area contributed by atoms with Crippen molar-refractivity contribution in [3.63, 3.8) is 0 Å². The molecule has 0 aromatic rings. The zero-order valence-electron chi connectivity index (χ0n) is 19.0. The largest absolute Gasteiger partial charge is 0.480 e. The van der Waals surface area contributed by atoms with Crippen molar-refractivity contribution >= 4 is 11.9 Å². The lowest BCUT2D eigenvalue weighted by Crippen LogP contribution is -2.48. The van der Waals surface area contributed by atoms with E-state index in [0.29, 0.717) is 6.54 Å². The van der Waals surface area contributed by atoms with Crippen molar-refractivity contribution in [3.05, 3.63) is 36.6 Å². The Hall–Kier alpha value is -2.00. The van der Waals surface area contributed by atoms with Crippen LogP contribution in [0.4, 0.5) is 0 Å². The number of aliphatic carboxylic acids is 1. The summed E-state index contributed by atoms with van der Waals surface area (Å²) in [6.07, 6.45) is 9.24. The fourth-order valence-corrected chi connectivity index (χ4v) is 4.07. The lowest BCUT2D eigenvalue weighted by Gasteiger charge is -2.35. The molecule has 0 radical (unpaired) electrons. The molecule has 0 aliphatic carbocycles. The third-order valence-electron chi connectivity index (χ3n) is 5.75. The van der Waals surface area contributed by atoms with Crippen molar-refractivity contribution in [3.8, 4) is 0 Å². The predicted molar refractivity (Wildman–Crippen MR) is 124 cm³/mol. The highest BCUT2D eigenvalue weighted by atomic mass is 16.4.